The van der Waals surface area contributed by atoms with Gasteiger partial charge in [-0.25, -0.2) is 15.0 Å². The molecule has 1 saturated carbocycles. The van der Waals surface area contributed by atoms with E-state index >= 15 is 0 Å². The summed E-state index contributed by atoms with van der Waals surface area (Å²) in [4.78, 5) is 13.6. The highest BCUT2D eigenvalue weighted by atomic mass is 19.4. The summed E-state index contributed by atoms with van der Waals surface area (Å²) in [7, 11) is 1.61. The molecule has 0 spiro atoms. The lowest BCUT2D eigenvalue weighted by Gasteiger charge is -2.37. The van der Waals surface area contributed by atoms with Gasteiger partial charge in [0.1, 0.15) is 6.10 Å². The molecule has 1 aliphatic heterocycles. The fourth-order valence-electron chi connectivity index (χ4n) is 4.63. The molecule has 4 rings (SSSR count). The minimum absolute atomic E-state index is 0.0358. The van der Waals surface area contributed by atoms with Crippen LogP contribution in [0.4, 0.5) is 19.1 Å². The molecule has 34 heavy (non-hydrogen) atoms. The third kappa shape index (κ3) is 5.36. The molecule has 0 bridgehead atoms. The number of hydrogen-bond donors (Lipinski definition) is 2. The van der Waals surface area contributed by atoms with Crippen LogP contribution in [-0.2, 0) is 9.47 Å². The van der Waals surface area contributed by atoms with Crippen molar-refractivity contribution in [2.45, 2.75) is 75.3 Å². The Kier molecular flexibility index (Phi) is 7.44. The number of hydrogen-bond acceptors (Lipinski definition) is 8. The smallest absolute Gasteiger partial charge is 0.417 e. The summed E-state index contributed by atoms with van der Waals surface area (Å²) in [5.74, 6) is 0.586. The van der Waals surface area contributed by atoms with Gasteiger partial charge in [0.05, 0.1) is 30.7 Å². The van der Waals surface area contributed by atoms with Crippen LogP contribution >= 0.6 is 0 Å². The minimum atomic E-state index is -4.64. The molecule has 0 unspecified atom stereocenters. The fraction of sp³-hybridized carbons (Fsp3) is 0.696. The molecule has 188 valence electrons. The maximum atomic E-state index is 13.3. The van der Waals surface area contributed by atoms with Crippen molar-refractivity contribution in [2.75, 3.05) is 32.2 Å². The van der Waals surface area contributed by atoms with Crippen LogP contribution in [-0.4, -0.2) is 70.9 Å². The first kappa shape index (κ1) is 24.9. The molecule has 2 aromatic rings. The number of fused-ring (bicyclic) bond motifs is 1. The zero-order valence-corrected chi connectivity index (χ0v) is 19.4. The number of aliphatic hydroxyl groups is 1. The van der Waals surface area contributed by atoms with Crippen molar-refractivity contribution in [3.63, 3.8) is 0 Å². The number of anilines is 1. The predicted molar refractivity (Wildman–Crippen MR) is 119 cm³/mol. The van der Waals surface area contributed by atoms with Crippen LogP contribution in [0.1, 0.15) is 56.9 Å². The van der Waals surface area contributed by atoms with Gasteiger partial charge in [-0.1, -0.05) is 0 Å². The van der Waals surface area contributed by atoms with E-state index < -0.39 is 11.8 Å². The molecule has 0 radical (unpaired) electrons. The summed E-state index contributed by atoms with van der Waals surface area (Å²) in [6, 6.07) is -0.0397. The first-order valence-corrected chi connectivity index (χ1v) is 11.6. The first-order valence-electron chi connectivity index (χ1n) is 11.6. The van der Waals surface area contributed by atoms with E-state index in [2.05, 4.69) is 15.3 Å². The van der Waals surface area contributed by atoms with E-state index in [4.69, 9.17) is 19.2 Å². The number of nitrogens with one attached hydrogen (secondary N) is 1. The van der Waals surface area contributed by atoms with Gasteiger partial charge in [0.15, 0.2) is 5.60 Å². The van der Waals surface area contributed by atoms with E-state index in [0.717, 1.165) is 18.4 Å². The van der Waals surface area contributed by atoms with E-state index in [-0.39, 0.29) is 43.7 Å². The number of halogens is 3. The van der Waals surface area contributed by atoms with Crippen molar-refractivity contribution >= 4 is 16.9 Å². The molecular weight excluding hydrogens is 453 g/mol. The van der Waals surface area contributed by atoms with Crippen molar-refractivity contribution in [3.05, 3.63) is 18.0 Å². The van der Waals surface area contributed by atoms with Gasteiger partial charge in [0.2, 0.25) is 11.8 Å². The van der Waals surface area contributed by atoms with Gasteiger partial charge in [-0.3, -0.25) is 0 Å². The monoisotopic (exact) mass is 484 g/mol. The third-order valence-electron chi connectivity index (χ3n) is 6.63. The molecule has 11 heteroatoms. The Morgan fingerprint density at radius 2 is 1.88 bits per heavy atom. The van der Waals surface area contributed by atoms with Crippen LogP contribution in [0, 0.1) is 0 Å². The van der Waals surface area contributed by atoms with Crippen molar-refractivity contribution in [2.24, 2.45) is 0 Å². The maximum Gasteiger partial charge on any atom is 0.417 e. The lowest BCUT2D eigenvalue weighted by atomic mass is 9.75. The Labute approximate surface area is 196 Å². The molecule has 1 atom stereocenters. The number of methoxy groups -OCH3 is 1. The summed E-state index contributed by atoms with van der Waals surface area (Å²) < 4.78 is 56.6. The number of aromatic nitrogens is 3. The van der Waals surface area contributed by atoms with E-state index in [9.17, 15) is 18.3 Å². The van der Waals surface area contributed by atoms with Crippen LogP contribution < -0.4 is 10.1 Å². The van der Waals surface area contributed by atoms with Gasteiger partial charge in [-0.15, -0.1) is 0 Å². The Bertz CT molecular complexity index is 977. The molecule has 3 heterocycles. The van der Waals surface area contributed by atoms with Gasteiger partial charge in [-0.2, -0.15) is 13.2 Å². The predicted octanol–water partition coefficient (Wildman–Crippen LogP) is 3.98. The minimum Gasteiger partial charge on any atom is -0.474 e. The van der Waals surface area contributed by atoms with Crippen LogP contribution in [0.15, 0.2) is 12.4 Å². The second-order valence-electron chi connectivity index (χ2n) is 9.21. The van der Waals surface area contributed by atoms with Crippen LogP contribution in [0.3, 0.4) is 0 Å². The topological polar surface area (TPSA) is 98.6 Å². The average Bonchev–Trinajstić information content (AvgIpc) is 2.80. The van der Waals surface area contributed by atoms with Crippen LogP contribution in [0.2, 0.25) is 0 Å². The normalized spacial score (nSPS) is 25.3. The standard InChI is InChI=1S/C23H31F3N4O4/c1-14(13-32-2)29-21-28-12-18-19(30-21)17(11-27-20(18)34-16-5-9-33-10-6-16)15-3-7-22(31,8-4-15)23(24,25)26/h11-12,14-16,31H,3-10,13H2,1-2H3,(H,28,29,30)/t14-,15-,22+/m0/s1. The number of ether oxygens (including phenoxy) is 3. The zero-order chi connectivity index (χ0) is 24.3. The quantitative estimate of drug-likeness (QED) is 0.609. The van der Waals surface area contributed by atoms with Gasteiger partial charge >= 0.3 is 6.18 Å². The lowest BCUT2D eigenvalue weighted by molar-refractivity contribution is -0.270. The van der Waals surface area contributed by atoms with Gasteiger partial charge < -0.3 is 24.6 Å². The molecule has 2 fully saturated rings. The second-order valence-corrected chi connectivity index (χ2v) is 9.21. The third-order valence-corrected chi connectivity index (χ3v) is 6.63. The van der Waals surface area contributed by atoms with Gasteiger partial charge in [0.25, 0.3) is 0 Å². The van der Waals surface area contributed by atoms with E-state index in [1.165, 1.54) is 0 Å². The van der Waals surface area contributed by atoms with Gasteiger partial charge in [0, 0.05) is 44.0 Å². The van der Waals surface area contributed by atoms with E-state index in [1.807, 2.05) is 6.92 Å². The summed E-state index contributed by atoms with van der Waals surface area (Å²) >= 11 is 0. The molecule has 0 aromatic carbocycles. The van der Waals surface area contributed by atoms with Crippen molar-refractivity contribution in [1.82, 2.24) is 15.0 Å². The maximum absolute atomic E-state index is 13.3. The summed E-state index contributed by atoms with van der Waals surface area (Å²) in [6.07, 6.45) is -0.244. The summed E-state index contributed by atoms with van der Waals surface area (Å²) in [5.41, 5.74) is -1.30. The Hall–Kier alpha value is -2.24. The zero-order valence-electron chi connectivity index (χ0n) is 19.4. The second kappa shape index (κ2) is 10.2. The van der Waals surface area contributed by atoms with Crippen molar-refractivity contribution in [1.29, 1.82) is 0 Å². The number of alkyl halides is 3. The average molecular weight is 485 g/mol. The molecule has 2 aromatic heterocycles. The largest absolute Gasteiger partial charge is 0.474 e. The fourth-order valence-corrected chi connectivity index (χ4v) is 4.63. The van der Waals surface area contributed by atoms with Gasteiger partial charge in [-0.05, 0) is 38.5 Å². The van der Waals surface area contributed by atoms with E-state index in [1.54, 1.807) is 19.5 Å². The number of rotatable bonds is 7. The number of nitrogens with zero attached hydrogens (tertiary/aromatic N) is 3. The Morgan fingerprint density at radius 1 is 1.18 bits per heavy atom. The molecule has 2 N–H and O–H groups in total. The molecule has 2 aliphatic rings. The SMILES string of the molecule is COC[C@H](C)Nc1ncc2c(OC3CCOCC3)ncc([C@H]3CC[C@](O)(C(F)(F)F)CC3)c2n1. The molecular formula is C23H31F3N4O4. The highest BCUT2D eigenvalue weighted by molar-refractivity contribution is 5.86. The van der Waals surface area contributed by atoms with Crippen molar-refractivity contribution in [3.8, 4) is 5.88 Å². The first-order chi connectivity index (χ1) is 16.2. The number of pyridine rings is 1. The Morgan fingerprint density at radius 3 is 2.53 bits per heavy atom. The highest BCUT2D eigenvalue weighted by Gasteiger charge is 2.54. The van der Waals surface area contributed by atoms with Crippen LogP contribution in [0.5, 0.6) is 5.88 Å². The van der Waals surface area contributed by atoms with Crippen LogP contribution in [0.25, 0.3) is 10.9 Å². The van der Waals surface area contributed by atoms with Crippen molar-refractivity contribution < 1.29 is 32.5 Å². The molecule has 8 nitrogen and oxygen atoms in total. The van der Waals surface area contributed by atoms with E-state index in [0.29, 0.717) is 42.6 Å². The highest BCUT2D eigenvalue weighted by Crippen LogP contribution is 2.47. The molecule has 1 saturated heterocycles. The molecule has 1 aliphatic carbocycles. The summed E-state index contributed by atoms with van der Waals surface area (Å²) in [6.45, 7) is 3.63. The lowest BCUT2D eigenvalue weighted by Crippen LogP contribution is -2.47. The summed E-state index contributed by atoms with van der Waals surface area (Å²) in [5, 5.41) is 13.9. The Balaban J connectivity index is 1.65. The molecule has 0 amide bonds.